The van der Waals surface area contributed by atoms with Gasteiger partial charge >= 0.3 is 0 Å². The van der Waals surface area contributed by atoms with E-state index in [1.54, 1.807) is 12.3 Å². The number of thioether (sulfide) groups is 1. The summed E-state index contributed by atoms with van der Waals surface area (Å²) in [5, 5.41) is 1.88. The minimum atomic E-state index is -0.387. The Morgan fingerprint density at radius 3 is 2.69 bits per heavy atom. The summed E-state index contributed by atoms with van der Waals surface area (Å²) >= 11 is 0.884. The smallest absolute Gasteiger partial charge is 0.297 e. The van der Waals surface area contributed by atoms with Crippen LogP contribution in [-0.2, 0) is 11.3 Å². The van der Waals surface area contributed by atoms with E-state index in [0.29, 0.717) is 35.0 Å². The molecule has 1 saturated heterocycles. The zero-order valence-electron chi connectivity index (χ0n) is 18.3. The summed E-state index contributed by atoms with van der Waals surface area (Å²) in [6, 6.07) is 7.67. The molecule has 9 heteroatoms. The average molecular weight is 453 g/mol. The van der Waals surface area contributed by atoms with E-state index in [9.17, 15) is 9.59 Å². The quantitative estimate of drug-likeness (QED) is 0.559. The largest absolute Gasteiger partial charge is 0.487 e. The number of oxazole rings is 1. The topological polar surface area (TPSA) is 98.7 Å². The van der Waals surface area contributed by atoms with E-state index in [0.717, 1.165) is 34.1 Å². The molecule has 0 bridgehead atoms. The number of rotatable bonds is 6. The van der Waals surface area contributed by atoms with Crippen LogP contribution in [-0.4, -0.2) is 33.3 Å². The molecule has 0 unspecified atom stereocenters. The molecule has 2 aromatic heterocycles. The first-order chi connectivity index (χ1) is 15.4. The molecule has 0 saturated carbocycles. The molecule has 32 heavy (non-hydrogen) atoms. The fourth-order valence-electron chi connectivity index (χ4n) is 3.42. The Balaban J connectivity index is 1.78. The zero-order chi connectivity index (χ0) is 22.8. The number of nitrogens with one attached hydrogen (secondary N) is 1. The Morgan fingerprint density at radius 2 is 2.09 bits per heavy atom. The van der Waals surface area contributed by atoms with Gasteiger partial charge in [-0.2, -0.15) is 0 Å². The maximum atomic E-state index is 11.8. The first-order valence-electron chi connectivity index (χ1n) is 10.4. The van der Waals surface area contributed by atoms with Crippen molar-refractivity contribution in [2.75, 3.05) is 6.54 Å². The number of ether oxygens (including phenoxy) is 1. The highest BCUT2D eigenvalue weighted by atomic mass is 32.2. The Kier molecular flexibility index (Phi) is 6.18. The normalized spacial score (nSPS) is 15.9. The first-order valence-corrected chi connectivity index (χ1v) is 11.3. The molecule has 8 nitrogen and oxygen atoms in total. The molecule has 0 radical (unpaired) electrons. The van der Waals surface area contributed by atoms with Crippen molar-refractivity contribution in [1.29, 1.82) is 0 Å². The van der Waals surface area contributed by atoms with Crippen molar-refractivity contribution in [2.24, 2.45) is 4.99 Å². The van der Waals surface area contributed by atoms with Gasteiger partial charge in [-0.1, -0.05) is 6.07 Å². The third kappa shape index (κ3) is 4.34. The van der Waals surface area contributed by atoms with Crippen molar-refractivity contribution >= 4 is 40.1 Å². The summed E-state index contributed by atoms with van der Waals surface area (Å²) < 4.78 is 14.1. The van der Waals surface area contributed by atoms with Crippen LogP contribution in [0.1, 0.15) is 33.3 Å². The van der Waals surface area contributed by atoms with Gasteiger partial charge in [0.15, 0.2) is 11.3 Å². The van der Waals surface area contributed by atoms with Gasteiger partial charge in [-0.15, -0.1) is 0 Å². The minimum absolute atomic E-state index is 0.0279. The lowest BCUT2D eigenvalue weighted by Crippen LogP contribution is -2.17. The van der Waals surface area contributed by atoms with Gasteiger partial charge in [0, 0.05) is 24.8 Å². The Bertz CT molecular complexity index is 1290. The lowest BCUT2D eigenvalue weighted by Gasteiger charge is -2.12. The van der Waals surface area contributed by atoms with Gasteiger partial charge in [-0.25, -0.2) is 4.99 Å². The van der Waals surface area contributed by atoms with Gasteiger partial charge < -0.3 is 9.15 Å². The van der Waals surface area contributed by atoms with E-state index in [1.807, 2.05) is 56.5 Å². The monoisotopic (exact) mass is 452 g/mol. The Hall–Kier alpha value is -3.33. The van der Waals surface area contributed by atoms with Gasteiger partial charge in [0.05, 0.1) is 22.2 Å². The number of fused-ring (bicyclic) bond motifs is 1. The number of carbonyl (C=O) groups is 2. The Labute approximate surface area is 189 Å². The molecule has 1 aliphatic heterocycles. The summed E-state index contributed by atoms with van der Waals surface area (Å²) in [6.45, 7) is 9.27. The van der Waals surface area contributed by atoms with E-state index < -0.39 is 0 Å². The predicted molar refractivity (Wildman–Crippen MR) is 124 cm³/mol. The van der Waals surface area contributed by atoms with Crippen molar-refractivity contribution in [1.82, 2.24) is 14.9 Å². The van der Waals surface area contributed by atoms with Crippen LogP contribution in [0.25, 0.3) is 28.4 Å². The number of imide groups is 1. The van der Waals surface area contributed by atoms with Crippen LogP contribution in [0.2, 0.25) is 0 Å². The summed E-state index contributed by atoms with van der Waals surface area (Å²) in [5.74, 6) is 0.250. The molecule has 0 spiro atoms. The lowest BCUT2D eigenvalue weighted by atomic mass is 10.1. The maximum absolute atomic E-state index is 11.8. The van der Waals surface area contributed by atoms with Crippen LogP contribution >= 0.6 is 11.8 Å². The van der Waals surface area contributed by atoms with Crippen LogP contribution in [0.15, 0.2) is 44.8 Å². The van der Waals surface area contributed by atoms with Crippen molar-refractivity contribution in [2.45, 2.75) is 40.3 Å². The molecule has 1 aliphatic rings. The molecule has 1 fully saturated rings. The number of hydrogen-bond donors (Lipinski definition) is 1. The molecular weight excluding hydrogens is 428 g/mol. The number of aryl methyl sites for hydroxylation is 1. The van der Waals surface area contributed by atoms with E-state index >= 15 is 0 Å². The van der Waals surface area contributed by atoms with Gasteiger partial charge in [-0.05, 0) is 69.3 Å². The van der Waals surface area contributed by atoms with E-state index in [2.05, 4.69) is 15.3 Å². The van der Waals surface area contributed by atoms with E-state index in [-0.39, 0.29) is 17.3 Å². The van der Waals surface area contributed by atoms with Crippen molar-refractivity contribution in [3.8, 4) is 17.0 Å². The number of hydrogen-bond acceptors (Lipinski definition) is 7. The molecule has 1 N–H and O–H groups in total. The molecule has 4 rings (SSSR count). The van der Waals surface area contributed by atoms with E-state index in [1.165, 1.54) is 0 Å². The first kappa shape index (κ1) is 21.9. The number of carbonyl (C=O) groups excluding carboxylic acids is 2. The highest BCUT2D eigenvalue weighted by molar-refractivity contribution is 8.18. The predicted octanol–water partition coefficient (Wildman–Crippen LogP) is 4.35. The highest BCUT2D eigenvalue weighted by Gasteiger charge is 2.25. The molecule has 0 aliphatic carbocycles. The van der Waals surface area contributed by atoms with Crippen molar-refractivity contribution < 1.29 is 18.7 Å². The van der Waals surface area contributed by atoms with Gasteiger partial charge in [0.1, 0.15) is 0 Å². The number of amides is 2. The molecule has 0 atom stereocenters. The zero-order valence-corrected chi connectivity index (χ0v) is 19.2. The molecule has 2 amide bonds. The number of benzene rings is 1. The molecular formula is C23H24N4O4S. The number of aromatic nitrogens is 2. The lowest BCUT2D eigenvalue weighted by molar-refractivity contribution is -0.115. The maximum Gasteiger partial charge on any atom is 0.297 e. The summed E-state index contributed by atoms with van der Waals surface area (Å²) in [7, 11) is 0. The second-order valence-electron chi connectivity index (χ2n) is 7.42. The van der Waals surface area contributed by atoms with Gasteiger partial charge in [0.25, 0.3) is 16.8 Å². The fraction of sp³-hybridized carbons (Fsp3) is 0.304. The summed E-state index contributed by atoms with van der Waals surface area (Å²) in [6.07, 6.45) is 3.30. The van der Waals surface area contributed by atoms with Gasteiger partial charge in [0.2, 0.25) is 0 Å². The average Bonchev–Trinajstić information content (AvgIpc) is 3.26. The minimum Gasteiger partial charge on any atom is -0.487 e. The molecule has 166 valence electrons. The Morgan fingerprint density at radius 1 is 1.28 bits per heavy atom. The fourth-order valence-corrected chi connectivity index (χ4v) is 4.10. The third-order valence-corrected chi connectivity index (χ3v) is 5.56. The van der Waals surface area contributed by atoms with Crippen LogP contribution < -0.4 is 15.7 Å². The summed E-state index contributed by atoms with van der Waals surface area (Å²) in [5.41, 5.74) is 4.47. The molecule has 3 heterocycles. The van der Waals surface area contributed by atoms with E-state index in [4.69, 9.17) is 9.15 Å². The second-order valence-corrected chi connectivity index (χ2v) is 8.44. The van der Waals surface area contributed by atoms with Crippen molar-refractivity contribution in [3.05, 3.63) is 46.6 Å². The van der Waals surface area contributed by atoms with Crippen LogP contribution in [0.5, 0.6) is 5.75 Å². The summed E-state index contributed by atoms with van der Waals surface area (Å²) in [4.78, 5) is 32.5. The van der Waals surface area contributed by atoms with Gasteiger partial charge in [-0.3, -0.25) is 24.5 Å². The number of nitrogens with zero attached hydrogens (tertiary/aromatic N) is 3. The highest BCUT2D eigenvalue weighted by Crippen LogP contribution is 2.33. The molecule has 3 aromatic rings. The standard InChI is InChI=1S/C23H24N4O4S/c1-5-24-22-27(6-2)17-10-15(11-18(20(17)31-22)30-13(3)4)16-8-7-14(12-25-16)9-19-21(28)26-23(29)32-19/h7-13H,5-6H2,1-4H3,(H,26,28,29)/b19-9-,24-22?. The SMILES string of the molecule is CCN=c1oc2c(OC(C)C)cc(-c3ccc(/C=C4\SC(=O)NC4=O)cn3)cc2n1CC. The second kappa shape index (κ2) is 9.04. The van der Waals surface area contributed by atoms with Crippen molar-refractivity contribution in [3.63, 3.8) is 0 Å². The number of pyridine rings is 1. The van der Waals surface area contributed by atoms with Crippen LogP contribution in [0.4, 0.5) is 4.79 Å². The third-order valence-electron chi connectivity index (χ3n) is 4.74. The van der Waals surface area contributed by atoms with Crippen LogP contribution in [0.3, 0.4) is 0 Å². The molecule has 1 aromatic carbocycles. The van der Waals surface area contributed by atoms with Crippen LogP contribution in [0, 0.1) is 0 Å².